The fraction of sp³-hybridized carbons (Fsp3) is 0.250. The summed E-state index contributed by atoms with van der Waals surface area (Å²) in [6, 6.07) is 3.42. The van der Waals surface area contributed by atoms with Gasteiger partial charge < -0.3 is 4.98 Å². The van der Waals surface area contributed by atoms with Crippen LogP contribution in [0.25, 0.3) is 0 Å². The van der Waals surface area contributed by atoms with Gasteiger partial charge in [-0.15, -0.1) is 0 Å². The minimum atomic E-state index is -0.200. The van der Waals surface area contributed by atoms with E-state index in [4.69, 9.17) is 0 Å². The van der Waals surface area contributed by atoms with Gasteiger partial charge in [-0.3, -0.25) is 9.78 Å². The third-order valence-corrected chi connectivity index (χ3v) is 2.43. The van der Waals surface area contributed by atoms with Gasteiger partial charge in [0.05, 0.1) is 6.21 Å². The number of aromatic nitrogens is 3. The molecule has 0 unspecified atom stereocenters. The van der Waals surface area contributed by atoms with E-state index in [0.29, 0.717) is 11.6 Å². The Hall–Kier alpha value is -2.37. The van der Waals surface area contributed by atoms with Crippen LogP contribution in [0.5, 0.6) is 0 Å². The SMILES string of the molecule is Cc1cc(=O)[nH]c(N/N=C/c2cc(C)[nH]c2C)n1. The molecule has 2 heterocycles. The maximum Gasteiger partial charge on any atom is 0.252 e. The third kappa shape index (κ3) is 2.85. The van der Waals surface area contributed by atoms with Crippen LogP contribution in [0.2, 0.25) is 0 Å². The number of aromatic amines is 2. The lowest BCUT2D eigenvalue weighted by Crippen LogP contribution is -2.10. The summed E-state index contributed by atoms with van der Waals surface area (Å²) < 4.78 is 0. The number of nitrogens with one attached hydrogen (secondary N) is 3. The van der Waals surface area contributed by atoms with Gasteiger partial charge in [-0.1, -0.05) is 0 Å². The number of hydrogen-bond donors (Lipinski definition) is 3. The molecule has 6 nitrogen and oxygen atoms in total. The van der Waals surface area contributed by atoms with Crippen molar-refractivity contribution in [2.45, 2.75) is 20.8 Å². The Kier molecular flexibility index (Phi) is 3.27. The predicted molar refractivity (Wildman–Crippen MR) is 71.1 cm³/mol. The topological polar surface area (TPSA) is 85.9 Å². The maximum atomic E-state index is 11.2. The molecule has 0 bridgehead atoms. The number of nitrogens with zero attached hydrogens (tertiary/aromatic N) is 2. The van der Waals surface area contributed by atoms with Crippen molar-refractivity contribution in [2.24, 2.45) is 5.10 Å². The summed E-state index contributed by atoms with van der Waals surface area (Å²) in [5, 5.41) is 4.04. The highest BCUT2D eigenvalue weighted by Crippen LogP contribution is 2.06. The van der Waals surface area contributed by atoms with E-state index in [1.807, 2.05) is 19.9 Å². The van der Waals surface area contributed by atoms with Crippen molar-refractivity contribution >= 4 is 12.2 Å². The molecule has 94 valence electrons. The van der Waals surface area contributed by atoms with E-state index < -0.39 is 0 Å². The van der Waals surface area contributed by atoms with Crippen LogP contribution in [0.15, 0.2) is 22.0 Å². The molecule has 0 aromatic carbocycles. The van der Waals surface area contributed by atoms with Gasteiger partial charge in [0.2, 0.25) is 5.95 Å². The second-order valence-electron chi connectivity index (χ2n) is 4.14. The number of aryl methyl sites for hydroxylation is 3. The van der Waals surface area contributed by atoms with Crippen LogP contribution >= 0.6 is 0 Å². The average molecular weight is 245 g/mol. The van der Waals surface area contributed by atoms with Crippen molar-refractivity contribution in [2.75, 3.05) is 5.43 Å². The molecule has 0 saturated carbocycles. The van der Waals surface area contributed by atoms with Crippen molar-refractivity contribution in [3.63, 3.8) is 0 Å². The smallest absolute Gasteiger partial charge is 0.252 e. The largest absolute Gasteiger partial charge is 0.362 e. The van der Waals surface area contributed by atoms with Gasteiger partial charge in [-0.05, 0) is 26.8 Å². The second kappa shape index (κ2) is 4.87. The fourth-order valence-corrected chi connectivity index (χ4v) is 1.67. The minimum absolute atomic E-state index is 0.200. The normalized spacial score (nSPS) is 11.1. The summed E-state index contributed by atoms with van der Waals surface area (Å²) in [6.45, 7) is 5.71. The highest BCUT2D eigenvalue weighted by Gasteiger charge is 1.99. The lowest BCUT2D eigenvalue weighted by atomic mass is 10.3. The Bertz CT molecular complexity index is 638. The molecule has 2 rings (SSSR count). The lowest BCUT2D eigenvalue weighted by molar-refractivity contribution is 1.04. The third-order valence-electron chi connectivity index (χ3n) is 2.43. The van der Waals surface area contributed by atoms with Gasteiger partial charge in [-0.2, -0.15) is 5.10 Å². The van der Waals surface area contributed by atoms with Crippen molar-refractivity contribution < 1.29 is 0 Å². The first kappa shape index (κ1) is 12.1. The summed E-state index contributed by atoms with van der Waals surface area (Å²) in [4.78, 5) is 21.1. The van der Waals surface area contributed by atoms with E-state index in [2.05, 4.69) is 25.5 Å². The molecule has 0 aliphatic heterocycles. The zero-order chi connectivity index (χ0) is 13.1. The Balaban J connectivity index is 2.11. The van der Waals surface area contributed by atoms with E-state index in [1.54, 1.807) is 13.1 Å². The van der Waals surface area contributed by atoms with Crippen LogP contribution < -0.4 is 11.0 Å². The summed E-state index contributed by atoms with van der Waals surface area (Å²) in [7, 11) is 0. The summed E-state index contributed by atoms with van der Waals surface area (Å²) in [5.41, 5.74) is 6.26. The summed E-state index contributed by atoms with van der Waals surface area (Å²) in [6.07, 6.45) is 1.68. The number of anilines is 1. The molecular weight excluding hydrogens is 230 g/mol. The monoisotopic (exact) mass is 245 g/mol. The van der Waals surface area contributed by atoms with Crippen LogP contribution in [-0.2, 0) is 0 Å². The Morgan fingerprint density at radius 2 is 2.06 bits per heavy atom. The number of hydrogen-bond acceptors (Lipinski definition) is 4. The highest BCUT2D eigenvalue weighted by atomic mass is 16.1. The van der Waals surface area contributed by atoms with E-state index in [-0.39, 0.29) is 5.56 Å². The van der Waals surface area contributed by atoms with Crippen LogP contribution in [0.4, 0.5) is 5.95 Å². The Morgan fingerprint density at radius 3 is 2.67 bits per heavy atom. The molecule has 0 aliphatic carbocycles. The van der Waals surface area contributed by atoms with Crippen molar-refractivity contribution in [3.8, 4) is 0 Å². The lowest BCUT2D eigenvalue weighted by Gasteiger charge is -1.99. The molecule has 0 saturated heterocycles. The molecule has 0 fully saturated rings. The molecule has 2 aromatic heterocycles. The molecule has 2 aromatic rings. The maximum absolute atomic E-state index is 11.2. The molecule has 0 spiro atoms. The van der Waals surface area contributed by atoms with Gasteiger partial charge in [0, 0.05) is 28.7 Å². The number of rotatable bonds is 3. The fourth-order valence-electron chi connectivity index (χ4n) is 1.67. The minimum Gasteiger partial charge on any atom is -0.362 e. The number of hydrazone groups is 1. The first-order valence-electron chi connectivity index (χ1n) is 5.58. The quantitative estimate of drug-likeness (QED) is 0.565. The van der Waals surface area contributed by atoms with Crippen molar-refractivity contribution in [1.82, 2.24) is 15.0 Å². The Labute approximate surface area is 104 Å². The van der Waals surface area contributed by atoms with Crippen LogP contribution in [0, 0.1) is 20.8 Å². The van der Waals surface area contributed by atoms with E-state index in [9.17, 15) is 4.79 Å². The van der Waals surface area contributed by atoms with Crippen molar-refractivity contribution in [3.05, 3.63) is 45.1 Å². The molecule has 0 radical (unpaired) electrons. The van der Waals surface area contributed by atoms with E-state index in [1.165, 1.54) is 6.07 Å². The summed E-state index contributed by atoms with van der Waals surface area (Å²) in [5.74, 6) is 0.334. The standard InChI is InChI=1S/C12H15N5O/c1-7-4-10(9(3)14-7)6-13-17-12-15-8(2)5-11(18)16-12/h4-6,14H,1-3H3,(H2,15,16,17,18)/b13-6+. The first-order chi connectivity index (χ1) is 8.54. The molecule has 0 amide bonds. The van der Waals surface area contributed by atoms with Gasteiger partial charge in [0.15, 0.2) is 0 Å². The molecular formula is C12H15N5O. The van der Waals surface area contributed by atoms with Gasteiger partial charge >= 0.3 is 0 Å². The van der Waals surface area contributed by atoms with E-state index in [0.717, 1.165) is 17.0 Å². The Morgan fingerprint density at radius 1 is 1.28 bits per heavy atom. The molecule has 6 heteroatoms. The zero-order valence-corrected chi connectivity index (χ0v) is 10.5. The van der Waals surface area contributed by atoms with Crippen molar-refractivity contribution in [1.29, 1.82) is 0 Å². The molecule has 0 aliphatic rings. The summed E-state index contributed by atoms with van der Waals surface area (Å²) >= 11 is 0. The molecule has 18 heavy (non-hydrogen) atoms. The van der Waals surface area contributed by atoms with E-state index >= 15 is 0 Å². The second-order valence-corrected chi connectivity index (χ2v) is 4.14. The zero-order valence-electron chi connectivity index (χ0n) is 10.5. The highest BCUT2D eigenvalue weighted by molar-refractivity contribution is 5.81. The van der Waals surface area contributed by atoms with Crippen LogP contribution in [0.3, 0.4) is 0 Å². The van der Waals surface area contributed by atoms with Gasteiger partial charge in [0.1, 0.15) is 0 Å². The first-order valence-corrected chi connectivity index (χ1v) is 5.58. The molecule has 0 atom stereocenters. The average Bonchev–Trinajstić information content (AvgIpc) is 2.56. The van der Waals surface area contributed by atoms with Crippen LogP contribution in [-0.4, -0.2) is 21.2 Å². The van der Waals surface area contributed by atoms with Gasteiger partial charge in [-0.25, -0.2) is 10.4 Å². The van der Waals surface area contributed by atoms with Gasteiger partial charge in [0.25, 0.3) is 5.56 Å². The molecule has 3 N–H and O–H groups in total. The predicted octanol–water partition coefficient (Wildman–Crippen LogP) is 1.47. The number of H-pyrrole nitrogens is 2. The van der Waals surface area contributed by atoms with Crippen LogP contribution in [0.1, 0.15) is 22.6 Å².